The van der Waals surface area contributed by atoms with E-state index in [0.717, 1.165) is 10.2 Å². The van der Waals surface area contributed by atoms with E-state index >= 15 is 0 Å². The fourth-order valence-corrected chi connectivity index (χ4v) is 2.42. The summed E-state index contributed by atoms with van der Waals surface area (Å²) in [5, 5.41) is 7.39. The van der Waals surface area contributed by atoms with Crippen molar-refractivity contribution in [2.24, 2.45) is 17.9 Å². The molecule has 140 valence electrons. The van der Waals surface area contributed by atoms with E-state index in [4.69, 9.17) is 5.73 Å². The molecule has 6 nitrogen and oxygen atoms in total. The summed E-state index contributed by atoms with van der Waals surface area (Å²) < 4.78 is 13.9. The number of halogens is 1. The van der Waals surface area contributed by atoms with Crippen LogP contribution in [0.25, 0.3) is 11.1 Å². The summed E-state index contributed by atoms with van der Waals surface area (Å²) in [6, 6.07) is 18.5. The van der Waals surface area contributed by atoms with Gasteiger partial charge in [-0.15, -0.1) is 0 Å². The van der Waals surface area contributed by atoms with Gasteiger partial charge in [0.2, 0.25) is 5.95 Å². The van der Waals surface area contributed by atoms with Gasteiger partial charge in [0, 0.05) is 7.05 Å². The number of nitrogens with two attached hydrogens (primary N) is 1. The molecule has 0 aliphatic carbocycles. The van der Waals surface area contributed by atoms with Gasteiger partial charge in [0.25, 0.3) is 5.91 Å². The molecule has 0 saturated heterocycles. The molecule has 0 spiro atoms. The SMILES string of the molecule is CO/N=C/c1ccc(-c2ccccc2)cc1.Cc1nn(C)c(F)c1C(N)=O. The molecule has 3 rings (SSSR count). The molecular formula is C20H21FN4O2. The molecule has 0 bridgehead atoms. The summed E-state index contributed by atoms with van der Waals surface area (Å²) in [6.07, 6.45) is 1.69. The summed E-state index contributed by atoms with van der Waals surface area (Å²) in [7, 11) is 2.95. The molecule has 0 aliphatic heterocycles. The molecule has 0 saturated carbocycles. The van der Waals surface area contributed by atoms with Crippen LogP contribution in [0, 0.1) is 12.9 Å². The van der Waals surface area contributed by atoms with Crippen molar-refractivity contribution in [1.82, 2.24) is 9.78 Å². The largest absolute Gasteiger partial charge is 0.399 e. The van der Waals surface area contributed by atoms with E-state index in [9.17, 15) is 9.18 Å². The average Bonchev–Trinajstić information content (AvgIpc) is 2.93. The van der Waals surface area contributed by atoms with Crippen LogP contribution in [0.2, 0.25) is 0 Å². The van der Waals surface area contributed by atoms with Gasteiger partial charge in [-0.1, -0.05) is 59.8 Å². The van der Waals surface area contributed by atoms with Gasteiger partial charge in [0.15, 0.2) is 0 Å². The molecule has 0 fully saturated rings. The lowest BCUT2D eigenvalue weighted by atomic mass is 10.0. The fourth-order valence-electron chi connectivity index (χ4n) is 2.42. The Balaban J connectivity index is 0.000000208. The molecular weight excluding hydrogens is 347 g/mol. The second kappa shape index (κ2) is 9.28. The molecule has 27 heavy (non-hydrogen) atoms. The number of carbonyl (C=O) groups is 1. The van der Waals surface area contributed by atoms with Gasteiger partial charge < -0.3 is 10.6 Å². The number of rotatable bonds is 4. The number of benzene rings is 2. The van der Waals surface area contributed by atoms with E-state index in [1.807, 2.05) is 30.3 Å². The Morgan fingerprint density at radius 2 is 1.74 bits per heavy atom. The molecule has 0 aliphatic rings. The first-order valence-electron chi connectivity index (χ1n) is 8.15. The molecule has 0 atom stereocenters. The highest BCUT2D eigenvalue weighted by Crippen LogP contribution is 2.18. The standard InChI is InChI=1S/C14H13NO.C6H8FN3O/c1-16-15-11-12-7-9-14(10-8-12)13-5-3-2-4-6-13;1-3-4(6(8)11)5(7)10(2)9-3/h2-11H,1H3;1-2H3,(H2,8,11)/b15-11+;. The maximum atomic E-state index is 12.9. The van der Waals surface area contributed by atoms with Gasteiger partial charge >= 0.3 is 0 Å². The average molecular weight is 368 g/mol. The van der Waals surface area contributed by atoms with Crippen molar-refractivity contribution in [3.8, 4) is 11.1 Å². The number of amides is 1. The summed E-state index contributed by atoms with van der Waals surface area (Å²) in [5.74, 6) is -1.47. The van der Waals surface area contributed by atoms with Crippen LogP contribution < -0.4 is 5.73 Å². The zero-order chi connectivity index (χ0) is 19.8. The van der Waals surface area contributed by atoms with Crippen molar-refractivity contribution in [2.45, 2.75) is 6.92 Å². The normalized spacial score (nSPS) is 10.4. The van der Waals surface area contributed by atoms with E-state index in [1.54, 1.807) is 6.21 Å². The molecule has 1 heterocycles. The van der Waals surface area contributed by atoms with E-state index in [0.29, 0.717) is 5.69 Å². The monoisotopic (exact) mass is 368 g/mol. The number of aryl methyl sites for hydroxylation is 2. The first kappa shape index (κ1) is 19.8. The highest BCUT2D eigenvalue weighted by molar-refractivity contribution is 5.93. The number of nitrogens with zero attached hydrogens (tertiary/aromatic N) is 3. The van der Waals surface area contributed by atoms with Crippen LogP contribution in [0.1, 0.15) is 21.6 Å². The summed E-state index contributed by atoms with van der Waals surface area (Å²) in [5.41, 5.74) is 8.53. The lowest BCUT2D eigenvalue weighted by Gasteiger charge is -2.01. The van der Waals surface area contributed by atoms with Crippen molar-refractivity contribution in [1.29, 1.82) is 0 Å². The third-order valence-electron chi connectivity index (χ3n) is 3.72. The number of carbonyl (C=O) groups excluding carboxylic acids is 1. The van der Waals surface area contributed by atoms with E-state index in [-0.39, 0.29) is 5.56 Å². The van der Waals surface area contributed by atoms with Crippen molar-refractivity contribution >= 4 is 12.1 Å². The van der Waals surface area contributed by atoms with Gasteiger partial charge in [-0.05, 0) is 23.6 Å². The third-order valence-corrected chi connectivity index (χ3v) is 3.72. The van der Waals surface area contributed by atoms with Crippen molar-refractivity contribution in [3.05, 3.63) is 77.4 Å². The minimum atomic E-state index is -0.784. The van der Waals surface area contributed by atoms with Gasteiger partial charge in [-0.25, -0.2) is 4.68 Å². The van der Waals surface area contributed by atoms with Crippen LogP contribution in [0.15, 0.2) is 59.8 Å². The molecule has 1 aromatic heterocycles. The Morgan fingerprint density at radius 1 is 1.15 bits per heavy atom. The van der Waals surface area contributed by atoms with E-state index in [2.05, 4.69) is 39.4 Å². The van der Waals surface area contributed by atoms with Gasteiger partial charge in [-0.3, -0.25) is 4.79 Å². The van der Waals surface area contributed by atoms with Crippen LogP contribution >= 0.6 is 0 Å². The molecule has 3 aromatic rings. The van der Waals surface area contributed by atoms with Crippen LogP contribution in [-0.2, 0) is 11.9 Å². The van der Waals surface area contributed by atoms with Crippen LogP contribution in [0.4, 0.5) is 4.39 Å². The van der Waals surface area contributed by atoms with Crippen LogP contribution in [-0.4, -0.2) is 29.0 Å². The van der Waals surface area contributed by atoms with Gasteiger partial charge in [-0.2, -0.15) is 9.49 Å². The minimum absolute atomic E-state index is 0.132. The van der Waals surface area contributed by atoms with Crippen molar-refractivity contribution in [3.63, 3.8) is 0 Å². The highest BCUT2D eigenvalue weighted by Gasteiger charge is 2.16. The number of hydrogen-bond acceptors (Lipinski definition) is 4. The number of primary amides is 1. The fraction of sp³-hybridized carbons (Fsp3) is 0.150. The lowest BCUT2D eigenvalue weighted by molar-refractivity contribution is 0.0995. The second-order valence-electron chi connectivity index (χ2n) is 5.64. The maximum absolute atomic E-state index is 12.9. The molecule has 2 aromatic carbocycles. The van der Waals surface area contributed by atoms with Gasteiger partial charge in [0.05, 0.1) is 11.9 Å². The first-order chi connectivity index (χ1) is 12.9. The molecule has 0 unspecified atom stereocenters. The quantitative estimate of drug-likeness (QED) is 0.567. The van der Waals surface area contributed by atoms with Crippen LogP contribution in [0.5, 0.6) is 0 Å². The van der Waals surface area contributed by atoms with Crippen molar-refractivity contribution in [2.75, 3.05) is 7.11 Å². The van der Waals surface area contributed by atoms with E-state index < -0.39 is 11.9 Å². The molecule has 7 heteroatoms. The smallest absolute Gasteiger partial charge is 0.255 e. The third kappa shape index (κ3) is 5.24. The Labute approximate surface area is 157 Å². The first-order valence-corrected chi connectivity index (χ1v) is 8.15. The Kier molecular flexibility index (Phi) is 6.82. The number of oxime groups is 1. The topological polar surface area (TPSA) is 82.5 Å². The zero-order valence-electron chi connectivity index (χ0n) is 15.4. The predicted octanol–water partition coefficient (Wildman–Crippen LogP) is 3.30. The Hall–Kier alpha value is -3.48. The predicted molar refractivity (Wildman–Crippen MR) is 103 cm³/mol. The highest BCUT2D eigenvalue weighted by atomic mass is 19.1. The van der Waals surface area contributed by atoms with Gasteiger partial charge in [0.1, 0.15) is 12.7 Å². The van der Waals surface area contributed by atoms with Crippen molar-refractivity contribution < 1.29 is 14.0 Å². The lowest BCUT2D eigenvalue weighted by Crippen LogP contribution is -2.13. The zero-order valence-corrected chi connectivity index (χ0v) is 15.4. The second-order valence-corrected chi connectivity index (χ2v) is 5.64. The summed E-state index contributed by atoms with van der Waals surface area (Å²) in [4.78, 5) is 15.2. The Morgan fingerprint density at radius 3 is 2.19 bits per heavy atom. The van der Waals surface area contributed by atoms with Crippen LogP contribution in [0.3, 0.4) is 0 Å². The Bertz CT molecular complexity index is 919. The molecule has 1 amide bonds. The van der Waals surface area contributed by atoms with E-state index in [1.165, 1.54) is 32.2 Å². The number of hydrogen-bond donors (Lipinski definition) is 1. The molecule has 2 N–H and O–H groups in total. The minimum Gasteiger partial charge on any atom is -0.399 e. The summed E-state index contributed by atoms with van der Waals surface area (Å²) in [6.45, 7) is 1.53. The summed E-state index contributed by atoms with van der Waals surface area (Å²) >= 11 is 0. The maximum Gasteiger partial charge on any atom is 0.255 e. The molecule has 0 radical (unpaired) electrons. The number of aromatic nitrogens is 2.